The number of amides is 1. The van der Waals surface area contributed by atoms with Gasteiger partial charge in [0.1, 0.15) is 6.04 Å². The average Bonchev–Trinajstić information content (AvgIpc) is 2.76. The molecule has 1 fully saturated rings. The molecule has 4 nitrogen and oxygen atoms in total. The van der Waals surface area contributed by atoms with Crippen LogP contribution in [0.25, 0.3) is 0 Å². The number of alkyl halides is 3. The van der Waals surface area contributed by atoms with Crippen molar-refractivity contribution in [3.8, 4) is 0 Å². The minimum absolute atomic E-state index is 0.269. The van der Waals surface area contributed by atoms with E-state index < -0.39 is 29.5 Å². The Balaban J connectivity index is 2.34. The monoisotopic (exact) mass is 277 g/mol. The first kappa shape index (κ1) is 13.6. The van der Waals surface area contributed by atoms with Gasteiger partial charge < -0.3 is 10.6 Å². The molecule has 0 radical (unpaired) electrons. The molecule has 104 valence electrons. The van der Waals surface area contributed by atoms with Crippen molar-refractivity contribution < 1.29 is 22.4 Å². The van der Waals surface area contributed by atoms with E-state index >= 15 is 0 Å². The topological polar surface area (TPSA) is 59.2 Å². The first-order chi connectivity index (χ1) is 8.80. The van der Waals surface area contributed by atoms with Crippen molar-refractivity contribution in [3.63, 3.8) is 0 Å². The van der Waals surface area contributed by atoms with Crippen molar-refractivity contribution in [2.45, 2.75) is 25.1 Å². The summed E-state index contributed by atoms with van der Waals surface area (Å²) in [6.45, 7) is 0.336. The molecule has 1 saturated heterocycles. The minimum Gasteiger partial charge on any atom is -0.368 e. The van der Waals surface area contributed by atoms with E-state index in [-0.39, 0.29) is 5.82 Å². The SMILES string of the molecule is NC(=O)C1CCCN1c1ncc(C(F)(F)F)cc1F. The van der Waals surface area contributed by atoms with Crippen LogP contribution in [0.3, 0.4) is 0 Å². The molecule has 1 aromatic heterocycles. The van der Waals surface area contributed by atoms with Crippen molar-refractivity contribution in [1.29, 1.82) is 0 Å². The molecule has 0 aliphatic carbocycles. The standard InChI is InChI=1S/C11H11F4N3O/c12-7-4-6(11(13,14)15)5-17-10(7)18-3-1-2-8(18)9(16)19/h4-5,8H,1-3H2,(H2,16,19). The van der Waals surface area contributed by atoms with E-state index in [1.165, 1.54) is 4.90 Å². The Morgan fingerprint density at radius 3 is 2.68 bits per heavy atom. The second-order valence-corrected chi connectivity index (χ2v) is 4.28. The lowest BCUT2D eigenvalue weighted by Crippen LogP contribution is -2.41. The predicted octanol–water partition coefficient (Wildman–Crippen LogP) is 1.69. The third-order valence-corrected chi connectivity index (χ3v) is 3.00. The normalized spacial score (nSPS) is 19.8. The van der Waals surface area contributed by atoms with Crippen molar-refractivity contribution in [2.24, 2.45) is 5.73 Å². The Morgan fingerprint density at radius 2 is 2.16 bits per heavy atom. The number of carbonyl (C=O) groups excluding carboxylic acids is 1. The van der Waals surface area contributed by atoms with E-state index in [1.54, 1.807) is 0 Å². The number of pyridine rings is 1. The molecule has 1 atom stereocenters. The van der Waals surface area contributed by atoms with Crippen LogP contribution in [0.1, 0.15) is 18.4 Å². The molecule has 0 aromatic carbocycles. The number of primary amides is 1. The quantitative estimate of drug-likeness (QED) is 0.837. The fourth-order valence-electron chi connectivity index (χ4n) is 2.11. The summed E-state index contributed by atoms with van der Waals surface area (Å²) in [4.78, 5) is 16.0. The van der Waals surface area contributed by atoms with Gasteiger partial charge in [-0.3, -0.25) is 4.79 Å². The number of aromatic nitrogens is 1. The molecule has 1 aromatic rings. The van der Waals surface area contributed by atoms with Gasteiger partial charge in [0.25, 0.3) is 0 Å². The highest BCUT2D eigenvalue weighted by molar-refractivity contribution is 5.83. The molecule has 19 heavy (non-hydrogen) atoms. The molecule has 8 heteroatoms. The Hall–Kier alpha value is -1.86. The van der Waals surface area contributed by atoms with Gasteiger partial charge >= 0.3 is 6.18 Å². The lowest BCUT2D eigenvalue weighted by atomic mass is 10.2. The van der Waals surface area contributed by atoms with Crippen LogP contribution in [0.2, 0.25) is 0 Å². The minimum atomic E-state index is -4.65. The van der Waals surface area contributed by atoms with Gasteiger partial charge in [-0.25, -0.2) is 9.37 Å². The largest absolute Gasteiger partial charge is 0.417 e. The molecule has 2 N–H and O–H groups in total. The summed E-state index contributed by atoms with van der Waals surface area (Å²) in [5.74, 6) is -2.02. The summed E-state index contributed by atoms with van der Waals surface area (Å²) in [5.41, 5.74) is 4.00. The maximum absolute atomic E-state index is 13.7. The van der Waals surface area contributed by atoms with Crippen LogP contribution in [0.4, 0.5) is 23.4 Å². The van der Waals surface area contributed by atoms with Gasteiger partial charge in [-0.15, -0.1) is 0 Å². The van der Waals surface area contributed by atoms with E-state index in [2.05, 4.69) is 4.98 Å². The fraction of sp³-hybridized carbons (Fsp3) is 0.455. The Labute approximate surface area is 106 Å². The van der Waals surface area contributed by atoms with Crippen molar-refractivity contribution in [2.75, 3.05) is 11.4 Å². The van der Waals surface area contributed by atoms with Gasteiger partial charge in [0.05, 0.1) is 5.56 Å². The number of nitrogens with two attached hydrogens (primary N) is 1. The van der Waals surface area contributed by atoms with Gasteiger partial charge in [0, 0.05) is 12.7 Å². The van der Waals surface area contributed by atoms with Crippen LogP contribution in [-0.2, 0) is 11.0 Å². The summed E-state index contributed by atoms with van der Waals surface area (Å²) in [6, 6.07) is -0.350. The Morgan fingerprint density at radius 1 is 1.47 bits per heavy atom. The van der Waals surface area contributed by atoms with Crippen LogP contribution < -0.4 is 10.6 Å². The van der Waals surface area contributed by atoms with Crippen molar-refractivity contribution in [3.05, 3.63) is 23.6 Å². The number of hydrogen-bond donors (Lipinski definition) is 1. The maximum atomic E-state index is 13.7. The van der Waals surface area contributed by atoms with Crippen LogP contribution in [0.5, 0.6) is 0 Å². The molecule has 1 unspecified atom stereocenters. The van der Waals surface area contributed by atoms with Gasteiger partial charge in [-0.05, 0) is 18.9 Å². The van der Waals surface area contributed by atoms with E-state index in [9.17, 15) is 22.4 Å². The molecule has 1 aliphatic rings. The predicted molar refractivity (Wildman–Crippen MR) is 58.8 cm³/mol. The molecule has 0 bridgehead atoms. The van der Waals surface area contributed by atoms with Gasteiger partial charge in [-0.1, -0.05) is 0 Å². The third-order valence-electron chi connectivity index (χ3n) is 3.00. The molecule has 2 rings (SSSR count). The lowest BCUT2D eigenvalue weighted by Gasteiger charge is -2.23. The number of anilines is 1. The average molecular weight is 277 g/mol. The van der Waals surface area contributed by atoms with Gasteiger partial charge in [0.15, 0.2) is 11.6 Å². The third kappa shape index (κ3) is 2.61. The zero-order valence-corrected chi connectivity index (χ0v) is 9.75. The van der Waals surface area contributed by atoms with E-state index in [1.807, 2.05) is 0 Å². The maximum Gasteiger partial charge on any atom is 0.417 e. The molecule has 0 spiro atoms. The zero-order chi connectivity index (χ0) is 14.2. The summed E-state index contributed by atoms with van der Waals surface area (Å²) < 4.78 is 50.9. The van der Waals surface area contributed by atoms with Crippen LogP contribution in [0.15, 0.2) is 12.3 Å². The van der Waals surface area contributed by atoms with Crippen molar-refractivity contribution >= 4 is 11.7 Å². The number of nitrogens with zero attached hydrogens (tertiary/aromatic N) is 2. The number of hydrogen-bond acceptors (Lipinski definition) is 3. The van der Waals surface area contributed by atoms with Gasteiger partial charge in [-0.2, -0.15) is 13.2 Å². The first-order valence-electron chi connectivity index (χ1n) is 5.59. The van der Waals surface area contributed by atoms with Gasteiger partial charge in [0.2, 0.25) is 5.91 Å². The van der Waals surface area contributed by atoms with Crippen molar-refractivity contribution in [1.82, 2.24) is 4.98 Å². The zero-order valence-electron chi connectivity index (χ0n) is 9.75. The molecule has 1 aliphatic heterocycles. The smallest absolute Gasteiger partial charge is 0.368 e. The number of carbonyl (C=O) groups is 1. The summed E-state index contributed by atoms with van der Waals surface area (Å²) in [7, 11) is 0. The molecule has 1 amide bonds. The molecule has 2 heterocycles. The summed E-state index contributed by atoms with van der Waals surface area (Å²) >= 11 is 0. The van der Waals surface area contributed by atoms with E-state index in [0.717, 1.165) is 0 Å². The highest BCUT2D eigenvalue weighted by Crippen LogP contribution is 2.32. The Kier molecular flexibility index (Phi) is 3.34. The van der Waals surface area contributed by atoms with E-state index in [4.69, 9.17) is 5.73 Å². The Bertz CT molecular complexity index is 503. The van der Waals surface area contributed by atoms with Crippen LogP contribution in [-0.4, -0.2) is 23.5 Å². The lowest BCUT2D eigenvalue weighted by molar-refractivity contribution is -0.138. The first-order valence-corrected chi connectivity index (χ1v) is 5.59. The number of halogens is 4. The van der Waals surface area contributed by atoms with Crippen LogP contribution in [0, 0.1) is 5.82 Å². The highest BCUT2D eigenvalue weighted by atomic mass is 19.4. The van der Waals surface area contributed by atoms with Crippen LogP contribution >= 0.6 is 0 Å². The second kappa shape index (κ2) is 4.67. The number of rotatable bonds is 2. The second-order valence-electron chi connectivity index (χ2n) is 4.28. The summed E-state index contributed by atoms with van der Waals surface area (Å²) in [6.07, 6.45) is -3.05. The summed E-state index contributed by atoms with van der Waals surface area (Å²) in [5, 5.41) is 0. The molecular weight excluding hydrogens is 266 g/mol. The van der Waals surface area contributed by atoms with E-state index in [0.29, 0.717) is 31.6 Å². The fourth-order valence-corrected chi connectivity index (χ4v) is 2.11. The highest BCUT2D eigenvalue weighted by Gasteiger charge is 2.35. The molecular formula is C11H11F4N3O. The molecule has 0 saturated carbocycles.